The third-order valence-electron chi connectivity index (χ3n) is 3.45. The van der Waals surface area contributed by atoms with Crippen molar-refractivity contribution in [3.8, 4) is 0 Å². The molecule has 0 bridgehead atoms. The van der Waals surface area contributed by atoms with E-state index in [0.29, 0.717) is 5.56 Å². The second kappa shape index (κ2) is 7.06. The maximum atomic E-state index is 12.0. The normalized spacial score (nSPS) is 16.7. The average Bonchev–Trinajstić information content (AvgIpc) is 2.91. The molecule has 0 unspecified atom stereocenters. The van der Waals surface area contributed by atoms with Crippen molar-refractivity contribution in [2.75, 3.05) is 0 Å². The second-order valence-corrected chi connectivity index (χ2v) is 6.18. The third kappa shape index (κ3) is 3.94. The molecule has 20 heavy (non-hydrogen) atoms. The number of nitrogens with one attached hydrogen (secondary N) is 1. The summed E-state index contributed by atoms with van der Waals surface area (Å²) in [6.07, 6.45) is 3.58. The Morgan fingerprint density at radius 3 is 2.60 bits per heavy atom. The predicted octanol–water partition coefficient (Wildman–Crippen LogP) is 2.90. The van der Waals surface area contributed by atoms with Crippen LogP contribution < -0.4 is 5.32 Å². The fourth-order valence-corrected chi connectivity index (χ4v) is 2.90. The summed E-state index contributed by atoms with van der Waals surface area (Å²) in [6.45, 7) is 1.61. The lowest BCUT2D eigenvalue weighted by Gasteiger charge is -2.17. The fourth-order valence-electron chi connectivity index (χ4n) is 2.29. The molecule has 1 aliphatic rings. The Morgan fingerprint density at radius 2 is 1.95 bits per heavy atom. The summed E-state index contributed by atoms with van der Waals surface area (Å²) >= 11 is 2.08. The van der Waals surface area contributed by atoms with Gasteiger partial charge in [0.25, 0.3) is 5.91 Å². The number of esters is 1. The maximum absolute atomic E-state index is 12.0. The molecule has 0 spiro atoms. The first-order valence-corrected chi connectivity index (χ1v) is 7.91. The predicted molar refractivity (Wildman–Crippen MR) is 84.4 cm³/mol. The molecule has 0 aliphatic heterocycles. The number of ether oxygens (including phenoxy) is 1. The summed E-state index contributed by atoms with van der Waals surface area (Å²) in [5, 5.41) is 2.93. The van der Waals surface area contributed by atoms with Crippen molar-refractivity contribution in [1.29, 1.82) is 0 Å². The number of hydrogen-bond donors (Lipinski definition) is 1. The summed E-state index contributed by atoms with van der Waals surface area (Å²) in [5.41, 5.74) is 0.494. The highest BCUT2D eigenvalue weighted by molar-refractivity contribution is 14.1. The van der Waals surface area contributed by atoms with Crippen LogP contribution in [0.1, 0.15) is 43.0 Å². The van der Waals surface area contributed by atoms with Crippen LogP contribution in [0.15, 0.2) is 24.3 Å². The van der Waals surface area contributed by atoms with E-state index in [0.717, 1.165) is 29.3 Å². The molecular formula is C15H18INO3. The molecule has 1 N–H and O–H groups in total. The van der Waals surface area contributed by atoms with E-state index in [-0.39, 0.29) is 11.9 Å². The molecule has 4 nitrogen and oxygen atoms in total. The molecule has 1 amide bonds. The molecule has 0 aromatic heterocycles. The SMILES string of the molecule is C[C@H](OC(=O)c1ccccc1I)C(=O)NC1CCCC1. The number of benzene rings is 1. The van der Waals surface area contributed by atoms with Gasteiger partial charge >= 0.3 is 5.97 Å². The van der Waals surface area contributed by atoms with Crippen molar-refractivity contribution >= 4 is 34.5 Å². The first-order chi connectivity index (χ1) is 9.58. The van der Waals surface area contributed by atoms with Crippen LogP contribution in [0.2, 0.25) is 0 Å². The van der Waals surface area contributed by atoms with E-state index in [4.69, 9.17) is 4.74 Å². The fraction of sp³-hybridized carbons (Fsp3) is 0.467. The molecule has 2 rings (SSSR count). The minimum absolute atomic E-state index is 0.212. The zero-order valence-corrected chi connectivity index (χ0v) is 13.6. The van der Waals surface area contributed by atoms with Gasteiger partial charge in [-0.3, -0.25) is 4.79 Å². The Kier molecular flexibility index (Phi) is 5.39. The molecule has 1 atom stereocenters. The highest BCUT2D eigenvalue weighted by Crippen LogP contribution is 2.18. The highest BCUT2D eigenvalue weighted by Gasteiger charge is 2.23. The first kappa shape index (κ1) is 15.3. The molecular weight excluding hydrogens is 369 g/mol. The average molecular weight is 387 g/mol. The second-order valence-electron chi connectivity index (χ2n) is 5.02. The number of halogens is 1. The molecule has 1 aromatic carbocycles. The number of amides is 1. The minimum Gasteiger partial charge on any atom is -0.449 e. The van der Waals surface area contributed by atoms with Crippen molar-refractivity contribution < 1.29 is 14.3 Å². The number of carbonyl (C=O) groups is 2. The molecule has 0 radical (unpaired) electrons. The Balaban J connectivity index is 1.90. The van der Waals surface area contributed by atoms with Crippen LogP contribution in [0, 0.1) is 3.57 Å². The van der Waals surface area contributed by atoms with Gasteiger partial charge in [-0.1, -0.05) is 25.0 Å². The van der Waals surface area contributed by atoms with Crippen molar-refractivity contribution in [1.82, 2.24) is 5.32 Å². The van der Waals surface area contributed by atoms with Gasteiger partial charge in [-0.05, 0) is 54.5 Å². The molecule has 1 saturated carbocycles. The summed E-state index contributed by atoms with van der Waals surface area (Å²) in [4.78, 5) is 24.0. The quantitative estimate of drug-likeness (QED) is 0.639. The van der Waals surface area contributed by atoms with Gasteiger partial charge in [0.2, 0.25) is 0 Å². The van der Waals surface area contributed by atoms with Crippen molar-refractivity contribution in [2.45, 2.75) is 44.8 Å². The summed E-state index contributed by atoms with van der Waals surface area (Å²) in [5.74, 6) is -0.666. The van der Waals surface area contributed by atoms with E-state index in [1.165, 1.54) is 0 Å². The van der Waals surface area contributed by atoms with E-state index in [2.05, 4.69) is 27.9 Å². The summed E-state index contributed by atoms with van der Waals surface area (Å²) in [7, 11) is 0. The van der Waals surface area contributed by atoms with Crippen LogP contribution in [0.4, 0.5) is 0 Å². The standard InChI is InChI=1S/C15H18INO3/c1-10(14(18)17-11-6-2-3-7-11)20-15(19)12-8-4-5-9-13(12)16/h4-5,8-11H,2-3,6-7H2,1H3,(H,17,18)/t10-/m0/s1. The van der Waals surface area contributed by atoms with Crippen LogP contribution in [0.3, 0.4) is 0 Å². The van der Waals surface area contributed by atoms with E-state index in [1.54, 1.807) is 19.1 Å². The van der Waals surface area contributed by atoms with Crippen molar-refractivity contribution in [3.05, 3.63) is 33.4 Å². The molecule has 1 fully saturated rings. The summed E-state index contributed by atoms with van der Waals surface area (Å²) < 4.78 is 6.05. The zero-order chi connectivity index (χ0) is 14.5. The van der Waals surface area contributed by atoms with Crippen LogP contribution in [0.5, 0.6) is 0 Å². The third-order valence-corrected chi connectivity index (χ3v) is 4.39. The highest BCUT2D eigenvalue weighted by atomic mass is 127. The van der Waals surface area contributed by atoms with Gasteiger partial charge in [0.1, 0.15) is 0 Å². The Labute approximate surface area is 132 Å². The van der Waals surface area contributed by atoms with Crippen LogP contribution in [-0.4, -0.2) is 24.0 Å². The smallest absolute Gasteiger partial charge is 0.339 e. The van der Waals surface area contributed by atoms with E-state index in [1.807, 2.05) is 12.1 Å². The van der Waals surface area contributed by atoms with Crippen LogP contribution >= 0.6 is 22.6 Å². The number of hydrogen-bond acceptors (Lipinski definition) is 3. The lowest BCUT2D eigenvalue weighted by molar-refractivity contribution is -0.129. The Bertz CT molecular complexity index is 498. The van der Waals surface area contributed by atoms with Crippen LogP contribution in [0.25, 0.3) is 0 Å². The van der Waals surface area contributed by atoms with Gasteiger partial charge in [-0.25, -0.2) is 4.79 Å². The molecule has 108 valence electrons. The largest absolute Gasteiger partial charge is 0.449 e. The van der Waals surface area contributed by atoms with Gasteiger partial charge in [0.05, 0.1) is 5.56 Å². The summed E-state index contributed by atoms with van der Waals surface area (Å²) in [6, 6.07) is 7.41. The first-order valence-electron chi connectivity index (χ1n) is 6.84. The van der Waals surface area contributed by atoms with Gasteiger partial charge in [0, 0.05) is 9.61 Å². The Morgan fingerprint density at radius 1 is 1.30 bits per heavy atom. The van der Waals surface area contributed by atoms with Gasteiger partial charge in [-0.2, -0.15) is 0 Å². The van der Waals surface area contributed by atoms with Gasteiger partial charge in [0.15, 0.2) is 6.10 Å². The zero-order valence-electron chi connectivity index (χ0n) is 11.4. The van der Waals surface area contributed by atoms with E-state index < -0.39 is 12.1 Å². The maximum Gasteiger partial charge on any atom is 0.339 e. The number of rotatable bonds is 4. The Hall–Kier alpha value is -1.11. The van der Waals surface area contributed by atoms with Crippen molar-refractivity contribution in [3.63, 3.8) is 0 Å². The van der Waals surface area contributed by atoms with Gasteiger partial charge in [-0.15, -0.1) is 0 Å². The van der Waals surface area contributed by atoms with E-state index >= 15 is 0 Å². The minimum atomic E-state index is -0.765. The molecule has 5 heteroatoms. The van der Waals surface area contributed by atoms with E-state index in [9.17, 15) is 9.59 Å². The lowest BCUT2D eigenvalue weighted by atomic mass is 10.2. The van der Waals surface area contributed by atoms with Crippen LogP contribution in [-0.2, 0) is 9.53 Å². The molecule has 1 aliphatic carbocycles. The lowest BCUT2D eigenvalue weighted by Crippen LogP contribution is -2.40. The van der Waals surface area contributed by atoms with Crippen molar-refractivity contribution in [2.24, 2.45) is 0 Å². The molecule has 1 aromatic rings. The molecule has 0 saturated heterocycles. The monoisotopic (exact) mass is 387 g/mol. The topological polar surface area (TPSA) is 55.4 Å². The molecule has 0 heterocycles. The van der Waals surface area contributed by atoms with Gasteiger partial charge < -0.3 is 10.1 Å². The number of carbonyl (C=O) groups excluding carboxylic acids is 2.